The average molecular weight is 408 g/mol. The Labute approximate surface area is 165 Å². The van der Waals surface area contributed by atoms with Crippen LogP contribution in [0.2, 0.25) is 0 Å². The number of likely N-dealkylation sites (N-methyl/N-ethyl adjacent to an activating group) is 1. The standard InChI is InChI=1S/C19H27N4O4S/c1-13-5-6-17(14(2)11-13)28(26,27)20-15-7-9-23(10-8-15)16-12-21(3)19(25)22(4)18(16)24/h5-6,11-12,15-16,20H,7-10H2,1-4H3/q+1. The van der Waals surface area contributed by atoms with Crippen LogP contribution < -0.4 is 4.72 Å². The molecule has 1 unspecified atom stereocenters. The molecule has 0 saturated carbocycles. The van der Waals surface area contributed by atoms with Gasteiger partial charge in [0.05, 0.1) is 19.0 Å². The minimum atomic E-state index is -3.59. The zero-order valence-electron chi connectivity index (χ0n) is 16.7. The van der Waals surface area contributed by atoms with E-state index in [4.69, 9.17) is 0 Å². The molecule has 1 fully saturated rings. The van der Waals surface area contributed by atoms with Crippen molar-refractivity contribution in [2.45, 2.75) is 43.7 Å². The van der Waals surface area contributed by atoms with Crippen molar-refractivity contribution in [2.24, 2.45) is 0 Å². The predicted molar refractivity (Wildman–Crippen MR) is 105 cm³/mol. The molecule has 0 aromatic heterocycles. The van der Waals surface area contributed by atoms with E-state index in [2.05, 4.69) is 4.72 Å². The monoisotopic (exact) mass is 407 g/mol. The Morgan fingerprint density at radius 3 is 2.39 bits per heavy atom. The van der Waals surface area contributed by atoms with E-state index in [1.807, 2.05) is 17.9 Å². The molecule has 2 aliphatic rings. The number of sulfonamides is 1. The van der Waals surface area contributed by atoms with Crippen molar-refractivity contribution < 1.29 is 22.6 Å². The second-order valence-electron chi connectivity index (χ2n) is 7.59. The minimum Gasteiger partial charge on any atom is -0.284 e. The number of urea groups is 1. The number of rotatable bonds is 4. The van der Waals surface area contributed by atoms with E-state index in [0.29, 0.717) is 30.8 Å². The van der Waals surface area contributed by atoms with Gasteiger partial charge in [-0.2, -0.15) is 9.69 Å². The lowest BCUT2D eigenvalue weighted by atomic mass is 10.0. The molecule has 2 heterocycles. The molecule has 1 atom stereocenters. The molecule has 1 aromatic rings. The summed E-state index contributed by atoms with van der Waals surface area (Å²) in [6.07, 6.45) is 2.83. The molecular formula is C19H27N4O4S+. The third-order valence-electron chi connectivity index (χ3n) is 5.40. The number of piperidine rings is 1. The molecule has 1 saturated heterocycles. The summed E-state index contributed by atoms with van der Waals surface area (Å²) < 4.78 is 29.7. The molecule has 9 heteroatoms. The van der Waals surface area contributed by atoms with Crippen molar-refractivity contribution in [3.63, 3.8) is 0 Å². The van der Waals surface area contributed by atoms with Crippen LogP contribution in [0.1, 0.15) is 24.0 Å². The van der Waals surface area contributed by atoms with E-state index in [0.717, 1.165) is 16.0 Å². The van der Waals surface area contributed by atoms with Crippen LogP contribution in [0.3, 0.4) is 0 Å². The van der Waals surface area contributed by atoms with Crippen LogP contribution in [0.25, 0.3) is 0 Å². The van der Waals surface area contributed by atoms with Crippen LogP contribution in [0.15, 0.2) is 23.1 Å². The highest BCUT2D eigenvalue weighted by atomic mass is 32.2. The van der Waals surface area contributed by atoms with Crippen LogP contribution in [0, 0.1) is 13.8 Å². The van der Waals surface area contributed by atoms with Crippen LogP contribution in [0.4, 0.5) is 4.79 Å². The number of aryl methyl sites for hydroxylation is 2. The number of imide groups is 1. The van der Waals surface area contributed by atoms with Crippen molar-refractivity contribution in [1.29, 1.82) is 0 Å². The van der Waals surface area contributed by atoms with E-state index < -0.39 is 16.1 Å². The van der Waals surface area contributed by atoms with E-state index in [1.54, 1.807) is 32.3 Å². The van der Waals surface area contributed by atoms with Gasteiger partial charge in [0.2, 0.25) is 10.0 Å². The first-order valence-corrected chi connectivity index (χ1v) is 10.8. The maximum atomic E-state index is 12.8. The number of carbonyl (C=O) groups is 2. The molecule has 28 heavy (non-hydrogen) atoms. The fourth-order valence-electron chi connectivity index (χ4n) is 3.80. The first-order valence-electron chi connectivity index (χ1n) is 9.33. The lowest BCUT2D eigenvalue weighted by Crippen LogP contribution is -2.59. The third kappa shape index (κ3) is 4.01. The average Bonchev–Trinajstić information content (AvgIpc) is 2.63. The molecule has 2 aliphatic heterocycles. The number of amides is 3. The Morgan fingerprint density at radius 2 is 1.79 bits per heavy atom. The number of benzene rings is 1. The summed E-state index contributed by atoms with van der Waals surface area (Å²) in [6.45, 7) is 4.87. The summed E-state index contributed by atoms with van der Waals surface area (Å²) >= 11 is 0. The van der Waals surface area contributed by atoms with E-state index in [-0.39, 0.29) is 18.0 Å². The Kier molecular flexibility index (Phi) is 5.69. The Balaban J connectivity index is 1.66. The molecule has 152 valence electrons. The fraction of sp³-hybridized carbons (Fsp3) is 0.526. The second-order valence-corrected chi connectivity index (χ2v) is 9.27. The maximum Gasteiger partial charge on any atom is 0.500 e. The molecule has 1 aromatic carbocycles. The summed E-state index contributed by atoms with van der Waals surface area (Å²) in [7, 11) is -0.484. The number of nitrogens with one attached hydrogen (secondary N) is 1. The van der Waals surface area contributed by atoms with Gasteiger partial charge in [0, 0.05) is 19.1 Å². The quantitative estimate of drug-likeness (QED) is 0.743. The van der Waals surface area contributed by atoms with Gasteiger partial charge in [-0.1, -0.05) is 17.7 Å². The van der Waals surface area contributed by atoms with Gasteiger partial charge in [-0.05, 0) is 38.3 Å². The summed E-state index contributed by atoms with van der Waals surface area (Å²) in [5, 5.41) is 0. The highest BCUT2D eigenvalue weighted by Crippen LogP contribution is 2.20. The van der Waals surface area contributed by atoms with Crippen molar-refractivity contribution in [3.8, 4) is 0 Å². The van der Waals surface area contributed by atoms with Crippen molar-refractivity contribution in [1.82, 2.24) is 14.5 Å². The molecule has 8 nitrogen and oxygen atoms in total. The second kappa shape index (κ2) is 7.73. The van der Waals surface area contributed by atoms with Gasteiger partial charge in [0.15, 0.2) is 6.04 Å². The summed E-state index contributed by atoms with van der Waals surface area (Å²) in [6, 6.07) is 4.26. The van der Waals surface area contributed by atoms with Gasteiger partial charge >= 0.3 is 11.9 Å². The summed E-state index contributed by atoms with van der Waals surface area (Å²) in [5.74, 6) is -0.252. The van der Waals surface area contributed by atoms with Crippen molar-refractivity contribution in [2.75, 3.05) is 27.2 Å². The lowest BCUT2D eigenvalue weighted by Gasteiger charge is -2.36. The zero-order chi connectivity index (χ0) is 20.6. The van der Waals surface area contributed by atoms with Gasteiger partial charge < -0.3 is 0 Å². The van der Waals surface area contributed by atoms with Crippen LogP contribution in [-0.4, -0.2) is 80.2 Å². The molecule has 0 bridgehead atoms. The van der Waals surface area contributed by atoms with Gasteiger partial charge in [0.1, 0.15) is 6.21 Å². The Morgan fingerprint density at radius 1 is 1.14 bits per heavy atom. The fourth-order valence-corrected chi connectivity index (χ4v) is 5.33. The minimum absolute atomic E-state index is 0.183. The summed E-state index contributed by atoms with van der Waals surface area (Å²) in [5.41, 5.74) is 1.75. The number of hydrogen-bond acceptors (Lipinski definition) is 5. The van der Waals surface area contributed by atoms with E-state index in [9.17, 15) is 18.0 Å². The van der Waals surface area contributed by atoms with Gasteiger partial charge in [-0.3, -0.25) is 4.90 Å². The lowest BCUT2D eigenvalue weighted by molar-refractivity contribution is -0.401. The Bertz CT molecular complexity index is 933. The molecule has 3 rings (SSSR count). The SMILES string of the molecule is Cc1ccc(S(=O)(=O)NC2CCN(C3C=[N+](C)C(=O)N(C)C3=O)CC2)c(C)c1. The smallest absolute Gasteiger partial charge is 0.284 e. The largest absolute Gasteiger partial charge is 0.500 e. The number of likely N-dealkylation sites (tertiary alicyclic amines) is 1. The van der Waals surface area contributed by atoms with Crippen molar-refractivity contribution in [3.05, 3.63) is 29.3 Å². The highest BCUT2D eigenvalue weighted by molar-refractivity contribution is 7.89. The Hall–Kier alpha value is -2.10. The molecule has 3 amide bonds. The van der Waals surface area contributed by atoms with Crippen LogP contribution in [0.5, 0.6) is 0 Å². The zero-order valence-corrected chi connectivity index (χ0v) is 17.5. The van der Waals surface area contributed by atoms with Gasteiger partial charge in [-0.15, -0.1) is 0 Å². The molecule has 0 radical (unpaired) electrons. The normalized spacial score (nSPS) is 22.5. The highest BCUT2D eigenvalue weighted by Gasteiger charge is 2.42. The van der Waals surface area contributed by atoms with E-state index in [1.165, 1.54) is 11.6 Å². The van der Waals surface area contributed by atoms with Gasteiger partial charge in [0.25, 0.3) is 0 Å². The molecule has 0 aliphatic carbocycles. The van der Waals surface area contributed by atoms with Crippen LogP contribution in [-0.2, 0) is 14.8 Å². The van der Waals surface area contributed by atoms with Gasteiger partial charge in [-0.25, -0.2) is 22.5 Å². The first-order chi connectivity index (χ1) is 13.1. The topological polar surface area (TPSA) is 89.8 Å². The molecular weight excluding hydrogens is 380 g/mol. The molecule has 0 spiro atoms. The number of nitrogens with zero attached hydrogens (tertiary/aromatic N) is 3. The number of carbonyl (C=O) groups excluding carboxylic acids is 2. The first kappa shape index (κ1) is 20.6. The van der Waals surface area contributed by atoms with E-state index >= 15 is 0 Å². The third-order valence-corrected chi connectivity index (χ3v) is 7.08. The predicted octanol–water partition coefficient (Wildman–Crippen LogP) is 0.720. The number of hydrogen-bond donors (Lipinski definition) is 1. The molecule has 1 N–H and O–H groups in total. The summed E-state index contributed by atoms with van der Waals surface area (Å²) in [4.78, 5) is 27.7. The maximum absolute atomic E-state index is 12.8. The van der Waals surface area contributed by atoms with Crippen LogP contribution >= 0.6 is 0 Å². The van der Waals surface area contributed by atoms with Crippen molar-refractivity contribution >= 4 is 28.2 Å².